The van der Waals surface area contributed by atoms with Gasteiger partial charge in [-0.05, 0) is 53.0 Å². The van der Waals surface area contributed by atoms with Crippen molar-refractivity contribution in [2.24, 2.45) is 11.5 Å². The molecule has 0 heterocycles. The first-order chi connectivity index (χ1) is 10.3. The Labute approximate surface area is 133 Å². The fourth-order valence-corrected chi connectivity index (χ4v) is 1.74. The van der Waals surface area contributed by atoms with E-state index >= 15 is 0 Å². The number of amides is 2. The molecule has 7 nitrogen and oxygen atoms in total. The number of ether oxygens (including phenoxy) is 1. The average Bonchev–Trinajstić information content (AvgIpc) is 2.40. The van der Waals surface area contributed by atoms with Crippen molar-refractivity contribution in [3.63, 3.8) is 0 Å². The minimum atomic E-state index is -0.488. The normalized spacial score (nSPS) is 12.6. The number of nitrogens with two attached hydrogens (primary N) is 2. The van der Waals surface area contributed by atoms with E-state index in [4.69, 9.17) is 16.2 Å². The van der Waals surface area contributed by atoms with Gasteiger partial charge in [-0.2, -0.15) is 0 Å². The zero-order chi connectivity index (χ0) is 17.0. The third-order valence-corrected chi connectivity index (χ3v) is 2.88. The number of carbonyl (C=O) groups excluding carboxylic acids is 2. The lowest BCUT2D eigenvalue weighted by molar-refractivity contribution is -0.122. The van der Waals surface area contributed by atoms with Crippen molar-refractivity contribution in [2.75, 3.05) is 19.6 Å². The zero-order valence-electron chi connectivity index (χ0n) is 14.1. The van der Waals surface area contributed by atoms with Crippen LogP contribution in [0.15, 0.2) is 0 Å². The SMILES string of the molecule is CC(C)(C)OC(=O)NCCCCNC(=O)C(N)CCCCN. The molecule has 22 heavy (non-hydrogen) atoms. The van der Waals surface area contributed by atoms with Gasteiger partial charge in [-0.3, -0.25) is 4.79 Å². The molecule has 0 aromatic carbocycles. The van der Waals surface area contributed by atoms with Crippen LogP contribution in [0.3, 0.4) is 0 Å². The number of hydrogen-bond donors (Lipinski definition) is 4. The van der Waals surface area contributed by atoms with Crippen LogP contribution in [0.2, 0.25) is 0 Å². The minimum Gasteiger partial charge on any atom is -0.444 e. The average molecular weight is 316 g/mol. The molecule has 130 valence electrons. The summed E-state index contributed by atoms with van der Waals surface area (Å²) in [6, 6.07) is -0.466. The molecule has 1 atom stereocenters. The molecule has 7 heteroatoms. The maximum absolute atomic E-state index is 11.7. The molecule has 6 N–H and O–H groups in total. The van der Waals surface area contributed by atoms with Crippen LogP contribution in [-0.4, -0.2) is 43.3 Å². The Balaban J connectivity index is 3.56. The molecule has 0 bridgehead atoms. The maximum Gasteiger partial charge on any atom is 0.407 e. The van der Waals surface area contributed by atoms with Crippen LogP contribution in [0, 0.1) is 0 Å². The summed E-state index contributed by atoms with van der Waals surface area (Å²) in [5.74, 6) is -0.128. The molecule has 0 fully saturated rings. The van der Waals surface area contributed by atoms with Crippen molar-refractivity contribution in [1.82, 2.24) is 10.6 Å². The van der Waals surface area contributed by atoms with Gasteiger partial charge in [-0.15, -0.1) is 0 Å². The molecule has 0 spiro atoms. The summed E-state index contributed by atoms with van der Waals surface area (Å²) in [6.07, 6.45) is 3.53. The Hall–Kier alpha value is -1.34. The Morgan fingerprint density at radius 2 is 1.64 bits per heavy atom. The second-order valence-electron chi connectivity index (χ2n) is 6.32. The van der Waals surface area contributed by atoms with Crippen LogP contribution in [0.4, 0.5) is 4.79 Å². The molecule has 0 rings (SSSR count). The monoisotopic (exact) mass is 316 g/mol. The van der Waals surface area contributed by atoms with Gasteiger partial charge in [-0.25, -0.2) is 4.79 Å². The summed E-state index contributed by atoms with van der Waals surface area (Å²) in [4.78, 5) is 23.1. The largest absolute Gasteiger partial charge is 0.444 e. The van der Waals surface area contributed by atoms with Crippen LogP contribution in [-0.2, 0) is 9.53 Å². The second-order valence-corrected chi connectivity index (χ2v) is 6.32. The van der Waals surface area contributed by atoms with E-state index in [1.807, 2.05) is 20.8 Å². The maximum atomic E-state index is 11.7. The summed E-state index contributed by atoms with van der Waals surface area (Å²) >= 11 is 0. The van der Waals surface area contributed by atoms with E-state index in [1.54, 1.807) is 0 Å². The molecular formula is C15H32N4O3. The van der Waals surface area contributed by atoms with Gasteiger partial charge >= 0.3 is 6.09 Å². The number of carbonyl (C=O) groups is 2. The third-order valence-electron chi connectivity index (χ3n) is 2.88. The first-order valence-corrected chi connectivity index (χ1v) is 7.96. The smallest absolute Gasteiger partial charge is 0.407 e. The third kappa shape index (κ3) is 12.4. The molecule has 0 aromatic rings. The molecule has 0 aliphatic rings. The van der Waals surface area contributed by atoms with Crippen molar-refractivity contribution in [3.8, 4) is 0 Å². The molecule has 0 aliphatic carbocycles. The Kier molecular flexibility index (Phi) is 10.6. The molecule has 2 amide bonds. The van der Waals surface area contributed by atoms with E-state index in [0.29, 0.717) is 26.1 Å². The summed E-state index contributed by atoms with van der Waals surface area (Å²) in [6.45, 7) is 7.16. The van der Waals surface area contributed by atoms with E-state index in [-0.39, 0.29) is 5.91 Å². The molecule has 0 radical (unpaired) electrons. The first kappa shape index (κ1) is 20.7. The highest BCUT2D eigenvalue weighted by Crippen LogP contribution is 2.06. The number of nitrogens with one attached hydrogen (secondary N) is 2. The van der Waals surface area contributed by atoms with Gasteiger partial charge in [-0.1, -0.05) is 6.42 Å². The number of rotatable bonds is 10. The van der Waals surface area contributed by atoms with Gasteiger partial charge in [0.15, 0.2) is 0 Å². The predicted octanol–water partition coefficient (Wildman–Crippen LogP) is 0.864. The number of alkyl carbamates (subject to hydrolysis) is 1. The standard InChI is InChI=1S/C15H32N4O3/c1-15(2,3)22-14(21)19-11-7-6-10-18-13(20)12(17)8-4-5-9-16/h12H,4-11,16-17H2,1-3H3,(H,18,20)(H,19,21). The lowest BCUT2D eigenvalue weighted by atomic mass is 10.1. The minimum absolute atomic E-state index is 0.128. The summed E-state index contributed by atoms with van der Waals surface area (Å²) in [5, 5.41) is 5.47. The van der Waals surface area contributed by atoms with Crippen molar-refractivity contribution < 1.29 is 14.3 Å². The highest BCUT2D eigenvalue weighted by Gasteiger charge is 2.15. The van der Waals surface area contributed by atoms with E-state index in [0.717, 1.165) is 25.7 Å². The number of hydrogen-bond acceptors (Lipinski definition) is 5. The van der Waals surface area contributed by atoms with Crippen LogP contribution in [0.1, 0.15) is 52.9 Å². The van der Waals surface area contributed by atoms with Gasteiger partial charge in [0.2, 0.25) is 5.91 Å². The van der Waals surface area contributed by atoms with Crippen LogP contribution < -0.4 is 22.1 Å². The van der Waals surface area contributed by atoms with E-state index in [1.165, 1.54) is 0 Å². The Bertz CT molecular complexity index is 329. The highest BCUT2D eigenvalue weighted by atomic mass is 16.6. The second kappa shape index (κ2) is 11.3. The molecule has 0 aromatic heterocycles. The van der Waals surface area contributed by atoms with Crippen molar-refractivity contribution in [3.05, 3.63) is 0 Å². The lowest BCUT2D eigenvalue weighted by Crippen LogP contribution is -2.41. The van der Waals surface area contributed by atoms with Gasteiger partial charge in [0, 0.05) is 13.1 Å². The van der Waals surface area contributed by atoms with Crippen molar-refractivity contribution in [1.29, 1.82) is 0 Å². The van der Waals surface area contributed by atoms with Crippen LogP contribution >= 0.6 is 0 Å². The van der Waals surface area contributed by atoms with Crippen molar-refractivity contribution in [2.45, 2.75) is 64.5 Å². The van der Waals surface area contributed by atoms with Crippen LogP contribution in [0.25, 0.3) is 0 Å². The van der Waals surface area contributed by atoms with Gasteiger partial charge in [0.1, 0.15) is 5.60 Å². The predicted molar refractivity (Wildman–Crippen MR) is 87.4 cm³/mol. The quantitative estimate of drug-likeness (QED) is 0.446. The zero-order valence-corrected chi connectivity index (χ0v) is 14.1. The summed E-state index contributed by atoms with van der Waals surface area (Å²) in [7, 11) is 0. The fraction of sp³-hybridized carbons (Fsp3) is 0.867. The number of unbranched alkanes of at least 4 members (excludes halogenated alkanes) is 2. The molecular weight excluding hydrogens is 284 g/mol. The summed E-state index contributed by atoms with van der Waals surface area (Å²) < 4.78 is 5.12. The first-order valence-electron chi connectivity index (χ1n) is 7.96. The van der Waals surface area contributed by atoms with E-state index < -0.39 is 17.7 Å². The fourth-order valence-electron chi connectivity index (χ4n) is 1.74. The Morgan fingerprint density at radius 3 is 2.18 bits per heavy atom. The molecule has 1 unspecified atom stereocenters. The lowest BCUT2D eigenvalue weighted by Gasteiger charge is -2.19. The van der Waals surface area contributed by atoms with Gasteiger partial charge in [0.05, 0.1) is 6.04 Å². The Morgan fingerprint density at radius 1 is 1.05 bits per heavy atom. The van der Waals surface area contributed by atoms with E-state index in [2.05, 4.69) is 10.6 Å². The highest BCUT2D eigenvalue weighted by molar-refractivity contribution is 5.81. The van der Waals surface area contributed by atoms with Crippen LogP contribution in [0.5, 0.6) is 0 Å². The topological polar surface area (TPSA) is 119 Å². The summed E-state index contributed by atoms with van der Waals surface area (Å²) in [5.41, 5.74) is 10.7. The molecule has 0 saturated heterocycles. The van der Waals surface area contributed by atoms with Gasteiger partial charge < -0.3 is 26.8 Å². The molecule has 0 saturated carbocycles. The van der Waals surface area contributed by atoms with Gasteiger partial charge in [0.25, 0.3) is 0 Å². The molecule has 0 aliphatic heterocycles. The van der Waals surface area contributed by atoms with E-state index in [9.17, 15) is 9.59 Å². The van der Waals surface area contributed by atoms with Crippen molar-refractivity contribution >= 4 is 12.0 Å².